The zero-order chi connectivity index (χ0) is 11.1. The van der Waals surface area contributed by atoms with E-state index in [1.807, 2.05) is 30.5 Å². The monoisotopic (exact) mass is 215 g/mol. The summed E-state index contributed by atoms with van der Waals surface area (Å²) >= 11 is 0. The van der Waals surface area contributed by atoms with Gasteiger partial charge >= 0.3 is 0 Å². The molecule has 0 bridgehead atoms. The van der Waals surface area contributed by atoms with Crippen molar-refractivity contribution in [3.05, 3.63) is 36.8 Å². The molecular formula is C13H17N3. The summed E-state index contributed by atoms with van der Waals surface area (Å²) in [7, 11) is 0. The molecule has 0 unspecified atom stereocenters. The lowest BCUT2D eigenvalue weighted by Gasteiger charge is -2.08. The van der Waals surface area contributed by atoms with Gasteiger partial charge in [-0.3, -0.25) is 0 Å². The smallest absolute Gasteiger partial charge is 0.116 e. The summed E-state index contributed by atoms with van der Waals surface area (Å²) in [5, 5.41) is 4.37. The largest absolute Gasteiger partial charge is 0.317 e. The summed E-state index contributed by atoms with van der Waals surface area (Å²) in [6.45, 7) is 2.50. The Morgan fingerprint density at radius 2 is 1.81 bits per heavy atom. The molecule has 1 aliphatic heterocycles. The minimum absolute atomic E-state index is 0.998. The maximum atomic E-state index is 4.07. The summed E-state index contributed by atoms with van der Waals surface area (Å²) in [5.74, 6) is 0. The van der Waals surface area contributed by atoms with Gasteiger partial charge < -0.3 is 5.32 Å². The molecule has 1 aromatic heterocycles. The predicted molar refractivity (Wildman–Crippen MR) is 66.3 cm³/mol. The quantitative estimate of drug-likeness (QED) is 0.733. The Labute approximate surface area is 95.9 Å². The zero-order valence-corrected chi connectivity index (χ0v) is 9.39. The maximum Gasteiger partial charge on any atom is 0.116 e. The van der Waals surface area contributed by atoms with Gasteiger partial charge in [0, 0.05) is 11.6 Å². The van der Waals surface area contributed by atoms with Gasteiger partial charge in [0.15, 0.2) is 0 Å². The Morgan fingerprint density at radius 1 is 1.00 bits per heavy atom. The van der Waals surface area contributed by atoms with E-state index in [0.717, 1.165) is 10.9 Å². The second-order valence-corrected chi connectivity index (χ2v) is 3.89. The van der Waals surface area contributed by atoms with E-state index in [0.29, 0.717) is 0 Å². The number of hydrogen-bond acceptors (Lipinski definition) is 3. The highest BCUT2D eigenvalue weighted by Gasteiger charge is 1.93. The van der Waals surface area contributed by atoms with Crippen LogP contribution < -0.4 is 5.32 Å². The number of benzene rings is 1. The molecule has 1 aromatic carbocycles. The lowest BCUT2D eigenvalue weighted by atomic mass is 10.2. The molecule has 2 heterocycles. The van der Waals surface area contributed by atoms with Crippen molar-refractivity contribution < 1.29 is 0 Å². The van der Waals surface area contributed by atoms with Crippen molar-refractivity contribution in [1.29, 1.82) is 0 Å². The van der Waals surface area contributed by atoms with Crippen LogP contribution in [0.3, 0.4) is 0 Å². The number of para-hydroxylation sites is 1. The Morgan fingerprint density at radius 3 is 2.44 bits per heavy atom. The van der Waals surface area contributed by atoms with Gasteiger partial charge in [0.25, 0.3) is 0 Å². The first-order chi connectivity index (χ1) is 7.97. The first kappa shape index (κ1) is 11.0. The standard InChI is InChI=1S/C8H6N2.C5H11N/c1-2-4-8-7(3-1)5-9-6-10-8;1-2-4-6-5-3-1/h1-6H;6H,1-5H2. The molecular weight excluding hydrogens is 198 g/mol. The van der Waals surface area contributed by atoms with Gasteiger partial charge in [0.1, 0.15) is 6.33 Å². The van der Waals surface area contributed by atoms with Crippen molar-refractivity contribution in [3.8, 4) is 0 Å². The topological polar surface area (TPSA) is 37.8 Å². The number of hydrogen-bond donors (Lipinski definition) is 1. The van der Waals surface area contributed by atoms with Crippen LogP contribution in [0.4, 0.5) is 0 Å². The van der Waals surface area contributed by atoms with Gasteiger partial charge in [-0.1, -0.05) is 24.6 Å². The molecule has 2 aromatic rings. The van der Waals surface area contributed by atoms with Crippen LogP contribution >= 0.6 is 0 Å². The first-order valence-electron chi connectivity index (χ1n) is 5.82. The van der Waals surface area contributed by atoms with Gasteiger partial charge in [-0.15, -0.1) is 0 Å². The summed E-state index contributed by atoms with van der Waals surface area (Å²) in [6, 6.07) is 7.91. The van der Waals surface area contributed by atoms with Crippen LogP contribution in [0.1, 0.15) is 19.3 Å². The van der Waals surface area contributed by atoms with E-state index in [9.17, 15) is 0 Å². The lowest BCUT2D eigenvalue weighted by Crippen LogP contribution is -2.21. The number of nitrogens with zero attached hydrogens (tertiary/aromatic N) is 2. The van der Waals surface area contributed by atoms with E-state index in [1.54, 1.807) is 6.33 Å². The molecule has 1 fully saturated rings. The van der Waals surface area contributed by atoms with E-state index >= 15 is 0 Å². The van der Waals surface area contributed by atoms with Crippen LogP contribution in [-0.2, 0) is 0 Å². The van der Waals surface area contributed by atoms with E-state index in [-0.39, 0.29) is 0 Å². The third kappa shape index (κ3) is 3.28. The number of nitrogens with one attached hydrogen (secondary N) is 1. The van der Waals surface area contributed by atoms with E-state index in [1.165, 1.54) is 32.4 Å². The minimum atomic E-state index is 0.998. The van der Waals surface area contributed by atoms with Crippen LogP contribution in [-0.4, -0.2) is 23.1 Å². The fourth-order valence-corrected chi connectivity index (χ4v) is 1.73. The summed E-state index contributed by atoms with van der Waals surface area (Å²) in [6.07, 6.45) is 7.58. The van der Waals surface area contributed by atoms with Crippen molar-refractivity contribution in [3.63, 3.8) is 0 Å². The van der Waals surface area contributed by atoms with Crippen molar-refractivity contribution in [2.45, 2.75) is 19.3 Å². The first-order valence-corrected chi connectivity index (χ1v) is 5.82. The maximum absolute atomic E-state index is 4.07. The average molecular weight is 215 g/mol. The summed E-state index contributed by atoms with van der Waals surface area (Å²) in [4.78, 5) is 7.97. The highest BCUT2D eigenvalue weighted by atomic mass is 14.9. The minimum Gasteiger partial charge on any atom is -0.317 e. The van der Waals surface area contributed by atoms with Gasteiger partial charge in [-0.25, -0.2) is 9.97 Å². The van der Waals surface area contributed by atoms with Crippen molar-refractivity contribution in [2.24, 2.45) is 0 Å². The van der Waals surface area contributed by atoms with E-state index in [2.05, 4.69) is 15.3 Å². The van der Waals surface area contributed by atoms with E-state index < -0.39 is 0 Å². The number of aromatic nitrogens is 2. The average Bonchev–Trinajstić information content (AvgIpc) is 2.42. The second-order valence-electron chi connectivity index (χ2n) is 3.89. The number of fused-ring (bicyclic) bond motifs is 1. The third-order valence-corrected chi connectivity index (χ3v) is 2.62. The van der Waals surface area contributed by atoms with Crippen LogP contribution in [0.25, 0.3) is 10.9 Å². The number of rotatable bonds is 0. The Balaban J connectivity index is 0.000000138. The van der Waals surface area contributed by atoms with Crippen LogP contribution in [0.5, 0.6) is 0 Å². The molecule has 1 aliphatic rings. The molecule has 1 saturated heterocycles. The van der Waals surface area contributed by atoms with Gasteiger partial charge in [0.2, 0.25) is 0 Å². The fourth-order valence-electron chi connectivity index (χ4n) is 1.73. The lowest BCUT2D eigenvalue weighted by molar-refractivity contribution is 0.520. The molecule has 0 amide bonds. The summed E-state index contributed by atoms with van der Waals surface area (Å²) in [5.41, 5.74) is 0.998. The van der Waals surface area contributed by atoms with Gasteiger partial charge in [-0.05, 0) is 32.0 Å². The van der Waals surface area contributed by atoms with Gasteiger partial charge in [-0.2, -0.15) is 0 Å². The van der Waals surface area contributed by atoms with Crippen molar-refractivity contribution in [2.75, 3.05) is 13.1 Å². The molecule has 0 saturated carbocycles. The Kier molecular flexibility index (Phi) is 4.26. The van der Waals surface area contributed by atoms with Gasteiger partial charge in [0.05, 0.1) is 5.52 Å². The molecule has 1 N–H and O–H groups in total. The molecule has 0 spiro atoms. The Hall–Kier alpha value is -1.48. The molecule has 3 heteroatoms. The second kappa shape index (κ2) is 6.18. The molecule has 0 radical (unpaired) electrons. The van der Waals surface area contributed by atoms with Crippen molar-refractivity contribution in [1.82, 2.24) is 15.3 Å². The predicted octanol–water partition coefficient (Wildman–Crippen LogP) is 2.39. The highest BCUT2D eigenvalue weighted by Crippen LogP contribution is 2.06. The van der Waals surface area contributed by atoms with Crippen molar-refractivity contribution >= 4 is 10.9 Å². The molecule has 16 heavy (non-hydrogen) atoms. The van der Waals surface area contributed by atoms with E-state index in [4.69, 9.17) is 0 Å². The van der Waals surface area contributed by atoms with Crippen LogP contribution in [0, 0.1) is 0 Å². The third-order valence-electron chi connectivity index (χ3n) is 2.62. The van der Waals surface area contributed by atoms with Crippen LogP contribution in [0.2, 0.25) is 0 Å². The Bertz CT molecular complexity index is 347. The molecule has 84 valence electrons. The molecule has 0 aliphatic carbocycles. The molecule has 3 rings (SSSR count). The fraction of sp³-hybridized carbons (Fsp3) is 0.385. The normalized spacial score (nSPS) is 15.2. The highest BCUT2D eigenvalue weighted by molar-refractivity contribution is 5.76. The molecule has 3 nitrogen and oxygen atoms in total. The SMILES string of the molecule is C1CCNCC1.c1ccc2ncncc2c1. The zero-order valence-electron chi connectivity index (χ0n) is 9.39. The summed E-state index contributed by atoms with van der Waals surface area (Å²) < 4.78 is 0. The van der Waals surface area contributed by atoms with Crippen LogP contribution in [0.15, 0.2) is 36.8 Å². The molecule has 0 atom stereocenters. The number of piperidine rings is 1.